The number of hydrogen-bond acceptors (Lipinski definition) is 6. The number of primary amides is 1. The quantitative estimate of drug-likeness (QED) is 0.520. The first-order chi connectivity index (χ1) is 13.6. The van der Waals surface area contributed by atoms with Crippen molar-refractivity contribution >= 4 is 23.5 Å². The Labute approximate surface area is 160 Å². The molecule has 28 heavy (non-hydrogen) atoms. The first kappa shape index (κ1) is 17.3. The Hall–Kier alpha value is -4.07. The first-order valence-corrected chi connectivity index (χ1v) is 8.49. The Kier molecular flexibility index (Phi) is 4.29. The van der Waals surface area contributed by atoms with Gasteiger partial charge in [0.25, 0.3) is 5.91 Å². The molecule has 0 spiro atoms. The number of hydrogen-bond donors (Lipinski definition) is 2. The molecule has 0 bridgehead atoms. The van der Waals surface area contributed by atoms with Gasteiger partial charge in [-0.25, -0.2) is 9.50 Å². The molecule has 0 atom stereocenters. The van der Waals surface area contributed by atoms with E-state index >= 15 is 0 Å². The summed E-state index contributed by atoms with van der Waals surface area (Å²) >= 11 is 0. The number of imidazole rings is 1. The number of aromatic nitrogens is 4. The lowest BCUT2D eigenvalue weighted by atomic mass is 10.1. The summed E-state index contributed by atoms with van der Waals surface area (Å²) in [6.07, 6.45) is 3.71. The lowest BCUT2D eigenvalue weighted by Crippen LogP contribution is -2.15. The number of carbonyl (C=O) groups is 2. The normalized spacial score (nSPS) is 10.8. The van der Waals surface area contributed by atoms with Crippen molar-refractivity contribution in [3.05, 3.63) is 66.1 Å². The molecule has 138 valence electrons. The van der Waals surface area contributed by atoms with Gasteiger partial charge in [-0.15, -0.1) is 0 Å². The summed E-state index contributed by atoms with van der Waals surface area (Å²) in [6.45, 7) is 0. The van der Waals surface area contributed by atoms with E-state index < -0.39 is 5.91 Å². The Morgan fingerprint density at radius 2 is 1.75 bits per heavy atom. The number of carbonyl (C=O) groups excluding carboxylic acids is 2. The number of nitrogens with two attached hydrogens (primary N) is 1. The van der Waals surface area contributed by atoms with E-state index in [2.05, 4.69) is 20.4 Å². The maximum Gasteiger partial charge on any atom is 0.269 e. The molecule has 1 amide bonds. The highest BCUT2D eigenvalue weighted by molar-refractivity contribution is 5.92. The number of pyridine rings is 1. The molecule has 4 aromatic rings. The van der Waals surface area contributed by atoms with Crippen molar-refractivity contribution in [1.82, 2.24) is 19.6 Å². The third-order valence-electron chi connectivity index (χ3n) is 4.39. The topological polar surface area (TPSA) is 115 Å². The molecule has 0 radical (unpaired) electrons. The van der Waals surface area contributed by atoms with Crippen LogP contribution in [-0.4, -0.2) is 38.8 Å². The van der Waals surface area contributed by atoms with Gasteiger partial charge in [-0.2, -0.15) is 5.10 Å². The zero-order chi connectivity index (χ0) is 19.7. The summed E-state index contributed by atoms with van der Waals surface area (Å²) in [5, 5.41) is 7.59. The number of nitrogens with zero attached hydrogens (tertiary/aromatic N) is 4. The fourth-order valence-corrected chi connectivity index (χ4v) is 2.92. The Morgan fingerprint density at radius 1 is 1.04 bits per heavy atom. The van der Waals surface area contributed by atoms with E-state index in [1.54, 1.807) is 19.2 Å². The first-order valence-electron chi connectivity index (χ1n) is 8.49. The van der Waals surface area contributed by atoms with Crippen LogP contribution < -0.4 is 11.1 Å². The van der Waals surface area contributed by atoms with Crippen molar-refractivity contribution in [1.29, 1.82) is 0 Å². The molecule has 0 aliphatic carbocycles. The zero-order valence-electron chi connectivity index (χ0n) is 15.0. The minimum Gasteiger partial charge on any atom is -0.385 e. The number of aldehydes is 1. The van der Waals surface area contributed by atoms with Crippen LogP contribution in [0.1, 0.15) is 20.8 Å². The van der Waals surface area contributed by atoms with Gasteiger partial charge in [0.2, 0.25) is 0 Å². The number of amides is 1. The average Bonchev–Trinajstić information content (AvgIpc) is 3.17. The second-order valence-corrected chi connectivity index (χ2v) is 6.11. The minimum absolute atomic E-state index is 0.212. The smallest absolute Gasteiger partial charge is 0.269 e. The van der Waals surface area contributed by atoms with Gasteiger partial charge in [-0.3, -0.25) is 14.6 Å². The molecular formula is C20H16N6O2. The van der Waals surface area contributed by atoms with Gasteiger partial charge in [-0.05, 0) is 18.2 Å². The summed E-state index contributed by atoms with van der Waals surface area (Å²) in [7, 11) is 1.77. The molecule has 0 aliphatic heterocycles. The Morgan fingerprint density at radius 3 is 2.32 bits per heavy atom. The molecule has 0 saturated carbocycles. The molecule has 8 nitrogen and oxygen atoms in total. The van der Waals surface area contributed by atoms with E-state index in [0.717, 1.165) is 28.8 Å². The minimum atomic E-state index is -0.598. The third kappa shape index (κ3) is 2.96. The highest BCUT2D eigenvalue weighted by Gasteiger charge is 2.15. The van der Waals surface area contributed by atoms with Crippen LogP contribution in [0.3, 0.4) is 0 Å². The van der Waals surface area contributed by atoms with Crippen molar-refractivity contribution < 1.29 is 9.59 Å². The van der Waals surface area contributed by atoms with Gasteiger partial charge in [0.1, 0.15) is 5.69 Å². The standard InChI is InChI=1S/C20H16N6O2/c1-22-17-8-16(25-26-18(19(21)28)10-24-20(17)26)14-5-3-13(4-6-14)15-7-2-12(11-27)9-23-15/h2-11,22H,1H3,(H2,21,28). The van der Waals surface area contributed by atoms with Crippen LogP contribution in [0.5, 0.6) is 0 Å². The van der Waals surface area contributed by atoms with E-state index in [4.69, 9.17) is 5.73 Å². The van der Waals surface area contributed by atoms with Gasteiger partial charge in [0.15, 0.2) is 11.9 Å². The van der Waals surface area contributed by atoms with Crippen LogP contribution in [0, 0.1) is 0 Å². The van der Waals surface area contributed by atoms with Crippen LogP contribution in [0.2, 0.25) is 0 Å². The average molecular weight is 372 g/mol. The van der Waals surface area contributed by atoms with Crippen molar-refractivity contribution in [2.24, 2.45) is 5.73 Å². The molecule has 0 unspecified atom stereocenters. The van der Waals surface area contributed by atoms with Crippen LogP contribution in [0.25, 0.3) is 28.2 Å². The predicted octanol–water partition coefficient (Wildman–Crippen LogP) is 2.41. The second-order valence-electron chi connectivity index (χ2n) is 6.11. The molecule has 0 saturated heterocycles. The lowest BCUT2D eigenvalue weighted by molar-refractivity contribution is 0.0993. The van der Waals surface area contributed by atoms with Gasteiger partial charge in [0, 0.05) is 29.9 Å². The summed E-state index contributed by atoms with van der Waals surface area (Å²) < 4.78 is 1.44. The van der Waals surface area contributed by atoms with E-state index in [1.807, 2.05) is 30.3 Å². The van der Waals surface area contributed by atoms with Gasteiger partial charge in [-0.1, -0.05) is 24.3 Å². The van der Waals surface area contributed by atoms with Crippen molar-refractivity contribution in [3.8, 4) is 22.5 Å². The van der Waals surface area contributed by atoms with Crippen molar-refractivity contribution in [2.75, 3.05) is 12.4 Å². The second kappa shape index (κ2) is 6.92. The summed E-state index contributed by atoms with van der Waals surface area (Å²) in [5.74, 6) is -0.598. The Bertz CT molecular complexity index is 1180. The van der Waals surface area contributed by atoms with Crippen LogP contribution in [0.4, 0.5) is 5.69 Å². The van der Waals surface area contributed by atoms with Crippen molar-refractivity contribution in [3.63, 3.8) is 0 Å². The number of benzene rings is 1. The van der Waals surface area contributed by atoms with E-state index in [0.29, 0.717) is 16.9 Å². The molecule has 3 N–H and O–H groups in total. The number of nitrogens with one attached hydrogen (secondary N) is 1. The zero-order valence-corrected chi connectivity index (χ0v) is 15.0. The number of rotatable bonds is 5. The summed E-state index contributed by atoms with van der Waals surface area (Å²) in [5.41, 5.74) is 10.6. The highest BCUT2D eigenvalue weighted by atomic mass is 16.1. The predicted molar refractivity (Wildman–Crippen MR) is 105 cm³/mol. The third-order valence-corrected chi connectivity index (χ3v) is 4.39. The van der Waals surface area contributed by atoms with Crippen molar-refractivity contribution in [2.45, 2.75) is 0 Å². The number of fused-ring (bicyclic) bond motifs is 1. The van der Waals surface area contributed by atoms with Gasteiger partial charge >= 0.3 is 0 Å². The molecule has 0 aliphatic rings. The summed E-state index contributed by atoms with van der Waals surface area (Å²) in [6, 6.07) is 13.1. The maximum atomic E-state index is 11.6. The summed E-state index contributed by atoms with van der Waals surface area (Å²) in [4.78, 5) is 30.9. The van der Waals surface area contributed by atoms with Crippen LogP contribution in [-0.2, 0) is 0 Å². The molecule has 4 rings (SSSR count). The van der Waals surface area contributed by atoms with E-state index in [9.17, 15) is 9.59 Å². The maximum absolute atomic E-state index is 11.6. The fourth-order valence-electron chi connectivity index (χ4n) is 2.92. The number of anilines is 1. The fraction of sp³-hybridized carbons (Fsp3) is 0.0500. The molecule has 8 heteroatoms. The van der Waals surface area contributed by atoms with Gasteiger partial charge < -0.3 is 11.1 Å². The largest absolute Gasteiger partial charge is 0.385 e. The monoisotopic (exact) mass is 372 g/mol. The van der Waals surface area contributed by atoms with E-state index in [-0.39, 0.29) is 5.69 Å². The highest BCUT2D eigenvalue weighted by Crippen LogP contribution is 2.26. The molecule has 3 heterocycles. The SMILES string of the molecule is CNc1cc(-c2ccc(-c3ccc(C=O)cn3)cc2)nn2c(C(N)=O)cnc12. The van der Waals surface area contributed by atoms with E-state index in [1.165, 1.54) is 16.9 Å². The van der Waals surface area contributed by atoms with Gasteiger partial charge in [0.05, 0.1) is 23.3 Å². The Balaban J connectivity index is 1.76. The molecular weight excluding hydrogens is 356 g/mol. The van der Waals surface area contributed by atoms with Crippen LogP contribution in [0.15, 0.2) is 54.9 Å². The molecule has 3 aromatic heterocycles. The molecule has 0 fully saturated rings. The lowest BCUT2D eigenvalue weighted by Gasteiger charge is -2.09. The molecule has 1 aromatic carbocycles. The van der Waals surface area contributed by atoms with Crippen LogP contribution >= 0.6 is 0 Å².